The minimum Gasteiger partial charge on any atom is -0.464 e. The number of ether oxygens (including phenoxy) is 1. The zero-order valence-electron chi connectivity index (χ0n) is 11.6. The second-order valence-corrected chi connectivity index (χ2v) is 5.48. The maximum absolute atomic E-state index is 11.6. The van der Waals surface area contributed by atoms with Crippen LogP contribution in [0, 0.1) is 0 Å². The fourth-order valence-electron chi connectivity index (χ4n) is 1.71. The van der Waals surface area contributed by atoms with Gasteiger partial charge < -0.3 is 14.9 Å². The summed E-state index contributed by atoms with van der Waals surface area (Å²) in [6.07, 6.45) is -0.807. The summed E-state index contributed by atoms with van der Waals surface area (Å²) in [6, 6.07) is 0. The van der Waals surface area contributed by atoms with Gasteiger partial charge >= 0.3 is 5.97 Å². The van der Waals surface area contributed by atoms with Crippen molar-refractivity contribution in [3.63, 3.8) is 0 Å². The van der Waals surface area contributed by atoms with E-state index in [4.69, 9.17) is 0 Å². The highest BCUT2D eigenvalue weighted by Gasteiger charge is 2.27. The molecule has 8 heteroatoms. The fraction of sp³-hybridized carbons (Fsp3) is 0.583. The Bertz CT molecular complexity index is 488. The van der Waals surface area contributed by atoms with E-state index in [0.29, 0.717) is 5.75 Å². The van der Waals surface area contributed by atoms with Gasteiger partial charge in [-0.3, -0.25) is 9.48 Å². The summed E-state index contributed by atoms with van der Waals surface area (Å²) in [5, 5.41) is 23.8. The fourth-order valence-corrected chi connectivity index (χ4v) is 2.35. The van der Waals surface area contributed by atoms with Gasteiger partial charge in [0.05, 0.1) is 19.4 Å². The number of hydrogen-bond acceptors (Lipinski definition) is 7. The zero-order valence-corrected chi connectivity index (χ0v) is 12.4. The molecule has 0 aliphatic rings. The van der Waals surface area contributed by atoms with E-state index in [0.717, 1.165) is 11.8 Å². The van der Waals surface area contributed by atoms with Crippen LogP contribution in [-0.4, -0.2) is 50.0 Å². The van der Waals surface area contributed by atoms with Crippen molar-refractivity contribution in [3.05, 3.63) is 17.5 Å². The zero-order chi connectivity index (χ0) is 15.3. The second kappa shape index (κ2) is 7.41. The quantitative estimate of drug-likeness (QED) is 0.727. The monoisotopic (exact) mass is 302 g/mol. The number of rotatable bonds is 6. The normalized spacial score (nSPS) is 13.8. The third-order valence-electron chi connectivity index (χ3n) is 2.75. The number of aromatic nitrogens is 2. The Morgan fingerprint density at radius 2 is 2.15 bits per heavy atom. The second-order valence-electron chi connectivity index (χ2n) is 4.20. The summed E-state index contributed by atoms with van der Waals surface area (Å²) in [4.78, 5) is 22.4. The molecule has 0 spiro atoms. The van der Waals surface area contributed by atoms with Crippen LogP contribution >= 0.6 is 11.8 Å². The highest BCUT2D eigenvalue weighted by Crippen LogP contribution is 2.24. The number of esters is 1. The Morgan fingerprint density at radius 1 is 1.50 bits per heavy atom. The summed E-state index contributed by atoms with van der Waals surface area (Å²) in [5.41, 5.74) is 0.304. The summed E-state index contributed by atoms with van der Waals surface area (Å²) in [7, 11) is 2.77. The van der Waals surface area contributed by atoms with Crippen LogP contribution in [0.25, 0.3) is 0 Å². The molecule has 0 bridgehead atoms. The third kappa shape index (κ3) is 4.06. The van der Waals surface area contributed by atoms with Gasteiger partial charge in [-0.1, -0.05) is 11.8 Å². The molecule has 2 N–H and O–H groups in total. The molecule has 7 nitrogen and oxygen atoms in total. The van der Waals surface area contributed by atoms with Crippen molar-refractivity contribution in [2.45, 2.75) is 25.6 Å². The standard InChI is InChI=1S/C12H18N2O5S/c1-7(15)20-5-4-9(16)11(17)8-6-13-14(2)10(8)12(18)19-3/h6,9,11,16-17H,4-5H2,1-3H3. The summed E-state index contributed by atoms with van der Waals surface area (Å²) in [6.45, 7) is 1.43. The van der Waals surface area contributed by atoms with Crippen molar-refractivity contribution in [3.8, 4) is 0 Å². The van der Waals surface area contributed by atoms with E-state index in [1.807, 2.05) is 0 Å². The molecule has 2 unspecified atom stereocenters. The Kier molecular flexibility index (Phi) is 6.18. The minimum atomic E-state index is -1.26. The van der Waals surface area contributed by atoms with Gasteiger partial charge in [-0.15, -0.1) is 0 Å². The molecule has 0 aromatic carbocycles. The number of methoxy groups -OCH3 is 1. The molecular formula is C12H18N2O5S. The third-order valence-corrected chi connectivity index (χ3v) is 3.59. The Morgan fingerprint density at radius 3 is 2.70 bits per heavy atom. The number of nitrogens with zero attached hydrogens (tertiary/aromatic N) is 2. The lowest BCUT2D eigenvalue weighted by molar-refractivity contribution is -0.109. The molecule has 1 aromatic heterocycles. The van der Waals surface area contributed by atoms with E-state index in [2.05, 4.69) is 9.84 Å². The first kappa shape index (κ1) is 16.7. The first-order chi connectivity index (χ1) is 9.38. The van der Waals surface area contributed by atoms with E-state index in [1.54, 1.807) is 7.05 Å². The largest absolute Gasteiger partial charge is 0.464 e. The number of carbonyl (C=O) groups excluding carboxylic acids is 2. The molecule has 20 heavy (non-hydrogen) atoms. The average molecular weight is 302 g/mol. The van der Waals surface area contributed by atoms with Crippen molar-refractivity contribution in [1.29, 1.82) is 0 Å². The molecule has 0 radical (unpaired) electrons. The highest BCUT2D eigenvalue weighted by molar-refractivity contribution is 8.13. The minimum absolute atomic E-state index is 0.0525. The lowest BCUT2D eigenvalue weighted by Crippen LogP contribution is -2.22. The number of carbonyl (C=O) groups is 2. The molecule has 2 atom stereocenters. The van der Waals surface area contributed by atoms with Gasteiger partial charge in [0.1, 0.15) is 6.10 Å². The van der Waals surface area contributed by atoms with Gasteiger partial charge in [0, 0.05) is 25.3 Å². The molecule has 0 aliphatic carbocycles. The van der Waals surface area contributed by atoms with Crippen molar-refractivity contribution in [2.24, 2.45) is 7.05 Å². The van der Waals surface area contributed by atoms with Gasteiger partial charge in [-0.2, -0.15) is 5.10 Å². The van der Waals surface area contributed by atoms with E-state index in [9.17, 15) is 19.8 Å². The van der Waals surface area contributed by atoms with Gasteiger partial charge in [0.25, 0.3) is 0 Å². The van der Waals surface area contributed by atoms with Crippen molar-refractivity contribution < 1.29 is 24.5 Å². The van der Waals surface area contributed by atoms with Gasteiger partial charge in [-0.25, -0.2) is 4.79 Å². The Labute approximate surface area is 120 Å². The van der Waals surface area contributed by atoms with Crippen LogP contribution in [0.2, 0.25) is 0 Å². The van der Waals surface area contributed by atoms with Crippen molar-refractivity contribution in [2.75, 3.05) is 12.9 Å². The number of aliphatic hydroxyl groups excluding tert-OH is 2. The molecule has 1 rings (SSSR count). The molecule has 1 aromatic rings. The molecule has 112 valence electrons. The van der Waals surface area contributed by atoms with E-state index < -0.39 is 18.2 Å². The smallest absolute Gasteiger partial charge is 0.356 e. The predicted molar refractivity (Wildman–Crippen MR) is 73.3 cm³/mol. The maximum atomic E-state index is 11.6. The van der Waals surface area contributed by atoms with Crippen LogP contribution in [0.3, 0.4) is 0 Å². The SMILES string of the molecule is COC(=O)c1c(C(O)C(O)CCSC(C)=O)cnn1C. The van der Waals surface area contributed by atoms with Gasteiger partial charge in [0.15, 0.2) is 10.8 Å². The van der Waals surface area contributed by atoms with E-state index >= 15 is 0 Å². The number of aryl methyl sites for hydroxylation is 1. The van der Waals surface area contributed by atoms with Crippen molar-refractivity contribution >= 4 is 22.8 Å². The van der Waals surface area contributed by atoms with E-state index in [1.165, 1.54) is 24.9 Å². The average Bonchev–Trinajstić information content (AvgIpc) is 2.78. The van der Waals surface area contributed by atoms with Crippen LogP contribution in [0.15, 0.2) is 6.20 Å². The first-order valence-corrected chi connectivity index (χ1v) is 6.96. The molecule has 0 aliphatic heterocycles. The Hall–Kier alpha value is -1.38. The maximum Gasteiger partial charge on any atom is 0.356 e. The van der Waals surface area contributed by atoms with Crippen LogP contribution in [0.5, 0.6) is 0 Å². The van der Waals surface area contributed by atoms with Crippen LogP contribution in [0.4, 0.5) is 0 Å². The lowest BCUT2D eigenvalue weighted by Gasteiger charge is -2.17. The predicted octanol–water partition coefficient (Wildman–Crippen LogP) is 0.271. The lowest BCUT2D eigenvalue weighted by atomic mass is 10.0. The topological polar surface area (TPSA) is 102 Å². The number of aliphatic hydroxyl groups is 2. The van der Waals surface area contributed by atoms with Gasteiger partial charge in [-0.05, 0) is 6.42 Å². The molecular weight excluding hydrogens is 284 g/mol. The summed E-state index contributed by atoms with van der Waals surface area (Å²) < 4.78 is 5.90. The summed E-state index contributed by atoms with van der Waals surface area (Å²) in [5.74, 6) is -0.245. The van der Waals surface area contributed by atoms with Crippen LogP contribution in [0.1, 0.15) is 35.5 Å². The molecule has 0 saturated heterocycles. The first-order valence-electron chi connectivity index (χ1n) is 5.98. The Balaban J connectivity index is 2.78. The molecule has 0 fully saturated rings. The highest BCUT2D eigenvalue weighted by atomic mass is 32.2. The van der Waals surface area contributed by atoms with Crippen LogP contribution < -0.4 is 0 Å². The van der Waals surface area contributed by atoms with Crippen LogP contribution in [-0.2, 0) is 16.6 Å². The van der Waals surface area contributed by atoms with E-state index in [-0.39, 0.29) is 22.8 Å². The number of hydrogen-bond donors (Lipinski definition) is 2. The molecule has 1 heterocycles. The van der Waals surface area contributed by atoms with Crippen molar-refractivity contribution in [1.82, 2.24) is 9.78 Å². The molecule has 0 amide bonds. The molecule has 0 saturated carbocycles. The summed E-state index contributed by atoms with van der Waals surface area (Å²) >= 11 is 1.07. The van der Waals surface area contributed by atoms with Gasteiger partial charge in [0.2, 0.25) is 0 Å². The number of thioether (sulfide) groups is 1.